The summed E-state index contributed by atoms with van der Waals surface area (Å²) >= 11 is 0. The van der Waals surface area contributed by atoms with Gasteiger partial charge in [-0.1, -0.05) is 18.2 Å². The van der Waals surface area contributed by atoms with Crippen molar-refractivity contribution < 1.29 is 18.3 Å². The summed E-state index contributed by atoms with van der Waals surface area (Å²) in [5.41, 5.74) is 4.59. The maximum Gasteiger partial charge on any atom is 0.407 e. The normalized spacial score (nSPS) is 14.9. The number of rotatable bonds is 4. The molecule has 9 heteroatoms. The van der Waals surface area contributed by atoms with E-state index in [0.29, 0.717) is 19.5 Å². The van der Waals surface area contributed by atoms with E-state index in [1.165, 1.54) is 23.3 Å². The summed E-state index contributed by atoms with van der Waals surface area (Å²) in [7, 11) is -0.466. The fourth-order valence-electron chi connectivity index (χ4n) is 3.54. The molecule has 0 atom stereocenters. The Kier molecular flexibility index (Phi) is 5.08. The predicted molar refractivity (Wildman–Crippen MR) is 115 cm³/mol. The average Bonchev–Trinajstić information content (AvgIpc) is 3.17. The molecule has 2 N–H and O–H groups in total. The number of hydrogen-bond donors (Lipinski definition) is 2. The highest BCUT2D eigenvalue weighted by molar-refractivity contribution is 7.89. The van der Waals surface area contributed by atoms with E-state index in [9.17, 15) is 13.2 Å². The number of pyridine rings is 1. The summed E-state index contributed by atoms with van der Waals surface area (Å²) in [6, 6.07) is 8.76. The second-order valence-electron chi connectivity index (χ2n) is 7.34. The van der Waals surface area contributed by atoms with Crippen LogP contribution in [0, 0.1) is 0 Å². The van der Waals surface area contributed by atoms with Crippen molar-refractivity contribution in [1.82, 2.24) is 19.2 Å². The lowest BCUT2D eigenvalue weighted by molar-refractivity contribution is 0.150. The Morgan fingerprint density at radius 1 is 1.20 bits per heavy atom. The molecule has 8 nitrogen and oxygen atoms in total. The summed E-state index contributed by atoms with van der Waals surface area (Å²) in [6.45, 7) is 0.828. The second-order valence-corrected chi connectivity index (χ2v) is 9.49. The van der Waals surface area contributed by atoms with Crippen molar-refractivity contribution in [1.29, 1.82) is 0 Å². The van der Waals surface area contributed by atoms with Gasteiger partial charge in [0.1, 0.15) is 5.65 Å². The lowest BCUT2D eigenvalue weighted by Crippen LogP contribution is -2.33. The maximum atomic E-state index is 12.3. The molecule has 0 radical (unpaired) electrons. The quantitative estimate of drug-likeness (QED) is 0.666. The number of benzene rings is 1. The highest BCUT2D eigenvalue weighted by Crippen LogP contribution is 2.31. The van der Waals surface area contributed by atoms with Gasteiger partial charge in [-0.2, -0.15) is 0 Å². The number of aromatic amines is 1. The molecule has 156 valence electrons. The van der Waals surface area contributed by atoms with Gasteiger partial charge in [0.25, 0.3) is 0 Å². The van der Waals surface area contributed by atoms with Crippen molar-refractivity contribution in [3.8, 4) is 11.1 Å². The highest BCUT2D eigenvalue weighted by atomic mass is 32.2. The smallest absolute Gasteiger partial charge is 0.407 e. The van der Waals surface area contributed by atoms with Gasteiger partial charge in [-0.25, -0.2) is 22.5 Å². The average molecular weight is 426 g/mol. The number of carboxylic acid groups (broad SMARTS) is 1. The van der Waals surface area contributed by atoms with Crippen LogP contribution in [0.1, 0.15) is 12.0 Å². The number of H-pyrrole nitrogens is 1. The van der Waals surface area contributed by atoms with Crippen molar-refractivity contribution >= 4 is 32.7 Å². The Bertz CT molecular complexity index is 1240. The number of amides is 1. The number of aromatic nitrogens is 2. The van der Waals surface area contributed by atoms with E-state index in [0.717, 1.165) is 33.3 Å². The van der Waals surface area contributed by atoms with Gasteiger partial charge in [-0.05, 0) is 35.8 Å². The van der Waals surface area contributed by atoms with E-state index in [-0.39, 0.29) is 4.90 Å². The van der Waals surface area contributed by atoms with E-state index < -0.39 is 16.1 Å². The van der Waals surface area contributed by atoms with Gasteiger partial charge in [0.15, 0.2) is 0 Å². The molecule has 2 aromatic heterocycles. The first kappa shape index (κ1) is 20.1. The second kappa shape index (κ2) is 7.58. The van der Waals surface area contributed by atoms with Crippen LogP contribution in [0.4, 0.5) is 4.79 Å². The number of fused-ring (bicyclic) bond motifs is 1. The van der Waals surface area contributed by atoms with Crippen molar-refractivity contribution in [3.05, 3.63) is 54.4 Å². The third-order valence-electron chi connectivity index (χ3n) is 5.32. The molecular formula is C21H22N4O4S. The molecule has 4 rings (SSSR count). The first-order chi connectivity index (χ1) is 14.3. The molecule has 1 aliphatic heterocycles. The van der Waals surface area contributed by atoms with Crippen molar-refractivity contribution in [3.63, 3.8) is 0 Å². The maximum absolute atomic E-state index is 12.3. The molecule has 0 saturated carbocycles. The van der Waals surface area contributed by atoms with Gasteiger partial charge < -0.3 is 15.0 Å². The molecule has 0 aliphatic carbocycles. The van der Waals surface area contributed by atoms with E-state index in [2.05, 4.69) is 9.97 Å². The van der Waals surface area contributed by atoms with Gasteiger partial charge in [-0.15, -0.1) is 0 Å². The zero-order valence-corrected chi connectivity index (χ0v) is 17.5. The lowest BCUT2D eigenvalue weighted by atomic mass is 9.98. The summed E-state index contributed by atoms with van der Waals surface area (Å²) in [4.78, 5) is 20.4. The Morgan fingerprint density at radius 2 is 1.93 bits per heavy atom. The Balaban J connectivity index is 1.68. The van der Waals surface area contributed by atoms with Crippen LogP contribution in [0.3, 0.4) is 0 Å². The molecule has 30 heavy (non-hydrogen) atoms. The van der Waals surface area contributed by atoms with Crippen molar-refractivity contribution in [2.45, 2.75) is 11.3 Å². The number of hydrogen-bond acceptors (Lipinski definition) is 4. The molecule has 0 bridgehead atoms. The Hall–Kier alpha value is -3.17. The highest BCUT2D eigenvalue weighted by Gasteiger charge is 2.20. The standard InChI is InChI=1S/C21H22N4O4S/c1-24(2)30(28,29)17-5-3-14(4-6-17)16-11-18-19(13-23-20(18)22-12-16)15-7-9-25(10-8-15)21(26)27/h3-7,11-13H,8-10H2,1-2H3,(H,22,23)(H,26,27). The summed E-state index contributed by atoms with van der Waals surface area (Å²) in [5.74, 6) is 0. The fraction of sp³-hybridized carbons (Fsp3) is 0.238. The summed E-state index contributed by atoms with van der Waals surface area (Å²) < 4.78 is 25.7. The Labute approximate surface area is 174 Å². The molecule has 1 aliphatic rings. The van der Waals surface area contributed by atoms with Crippen LogP contribution in [-0.4, -0.2) is 66.0 Å². The van der Waals surface area contributed by atoms with Crippen LogP contribution in [0.25, 0.3) is 27.7 Å². The largest absolute Gasteiger partial charge is 0.465 e. The minimum Gasteiger partial charge on any atom is -0.465 e. The minimum atomic E-state index is -3.47. The van der Waals surface area contributed by atoms with Gasteiger partial charge in [0.2, 0.25) is 10.0 Å². The minimum absolute atomic E-state index is 0.239. The molecule has 1 aromatic carbocycles. The third kappa shape index (κ3) is 3.57. The van der Waals surface area contributed by atoms with Gasteiger partial charge in [0.05, 0.1) is 4.90 Å². The van der Waals surface area contributed by atoms with Crippen molar-refractivity contribution in [2.75, 3.05) is 27.2 Å². The molecule has 3 aromatic rings. The molecule has 0 unspecified atom stereocenters. The van der Waals surface area contributed by atoms with Crippen LogP contribution in [0.5, 0.6) is 0 Å². The fourth-order valence-corrected chi connectivity index (χ4v) is 4.45. The Morgan fingerprint density at radius 3 is 2.53 bits per heavy atom. The van der Waals surface area contributed by atoms with Crippen LogP contribution in [0.15, 0.2) is 53.7 Å². The number of sulfonamides is 1. The summed E-state index contributed by atoms with van der Waals surface area (Å²) in [6.07, 6.45) is 5.32. The molecule has 0 fully saturated rings. The topological polar surface area (TPSA) is 107 Å². The van der Waals surface area contributed by atoms with E-state index in [1.54, 1.807) is 30.5 Å². The monoisotopic (exact) mass is 426 g/mol. The SMILES string of the molecule is CN(C)S(=O)(=O)c1ccc(-c2cnc3[nH]cc(C4=CCN(C(=O)O)CC4)c3c2)cc1. The first-order valence-electron chi connectivity index (χ1n) is 9.45. The van der Waals surface area contributed by atoms with E-state index in [1.807, 2.05) is 18.3 Å². The summed E-state index contributed by atoms with van der Waals surface area (Å²) in [5, 5.41) is 10.1. The van der Waals surface area contributed by atoms with E-state index >= 15 is 0 Å². The molecular weight excluding hydrogens is 404 g/mol. The zero-order valence-electron chi connectivity index (χ0n) is 16.7. The van der Waals surface area contributed by atoms with E-state index in [4.69, 9.17) is 5.11 Å². The predicted octanol–water partition coefficient (Wildman–Crippen LogP) is 3.25. The number of nitrogens with one attached hydrogen (secondary N) is 1. The van der Waals surface area contributed by atoms with Crippen molar-refractivity contribution in [2.24, 2.45) is 0 Å². The molecule has 3 heterocycles. The molecule has 1 amide bonds. The molecule has 0 saturated heterocycles. The number of carbonyl (C=O) groups is 1. The number of nitrogens with zero attached hydrogens (tertiary/aromatic N) is 3. The van der Waals surface area contributed by atoms with Gasteiger partial charge >= 0.3 is 6.09 Å². The lowest BCUT2D eigenvalue weighted by Gasteiger charge is -2.23. The van der Waals surface area contributed by atoms with Gasteiger partial charge in [-0.3, -0.25) is 0 Å². The van der Waals surface area contributed by atoms with Crippen LogP contribution >= 0.6 is 0 Å². The zero-order chi connectivity index (χ0) is 21.5. The first-order valence-corrected chi connectivity index (χ1v) is 10.9. The van der Waals surface area contributed by atoms with Gasteiger partial charge in [0, 0.05) is 56.1 Å². The third-order valence-corrected chi connectivity index (χ3v) is 7.15. The van der Waals surface area contributed by atoms with Crippen LogP contribution in [0.2, 0.25) is 0 Å². The van der Waals surface area contributed by atoms with Crippen LogP contribution < -0.4 is 0 Å². The molecule has 0 spiro atoms. The van der Waals surface area contributed by atoms with Crippen LogP contribution in [-0.2, 0) is 10.0 Å².